The first-order valence-electron chi connectivity index (χ1n) is 3.92. The van der Waals surface area contributed by atoms with Crippen molar-refractivity contribution in [1.82, 2.24) is 0 Å². The number of ketones is 1. The van der Waals surface area contributed by atoms with Crippen molar-refractivity contribution < 1.29 is 19.4 Å². The van der Waals surface area contributed by atoms with Crippen molar-refractivity contribution in [1.29, 1.82) is 0 Å². The summed E-state index contributed by atoms with van der Waals surface area (Å²) in [6.07, 6.45) is 0.598. The molecule has 12 heavy (non-hydrogen) atoms. The highest BCUT2D eigenvalue weighted by molar-refractivity contribution is 5.83. The van der Waals surface area contributed by atoms with Crippen LogP contribution in [-0.2, 0) is 14.3 Å². The molecule has 1 fully saturated rings. The maximum Gasteiger partial charge on any atom is 0.309 e. The predicted octanol–water partition coefficient (Wildman–Crippen LogP) is 0.455. The van der Waals surface area contributed by atoms with E-state index in [0.717, 1.165) is 0 Å². The van der Waals surface area contributed by atoms with Gasteiger partial charge in [-0.2, -0.15) is 0 Å². The zero-order chi connectivity index (χ0) is 9.14. The normalized spacial score (nSPS) is 30.2. The van der Waals surface area contributed by atoms with Crippen molar-refractivity contribution >= 4 is 11.8 Å². The first kappa shape index (κ1) is 9.19. The van der Waals surface area contributed by atoms with Gasteiger partial charge in [0, 0.05) is 20.0 Å². The molecule has 0 amide bonds. The molecule has 0 spiro atoms. The Balaban J connectivity index is 2.62. The second-order valence-corrected chi connectivity index (χ2v) is 3.00. The Morgan fingerprint density at radius 1 is 1.67 bits per heavy atom. The number of hydrogen-bond donors (Lipinski definition) is 1. The van der Waals surface area contributed by atoms with Crippen LogP contribution in [0.5, 0.6) is 0 Å². The first-order chi connectivity index (χ1) is 5.65. The fraction of sp³-hybridized carbons (Fsp3) is 0.750. The molecule has 0 aromatic rings. The molecule has 1 aliphatic rings. The van der Waals surface area contributed by atoms with Crippen LogP contribution in [0.3, 0.4) is 0 Å². The van der Waals surface area contributed by atoms with Gasteiger partial charge in [0.2, 0.25) is 0 Å². The minimum Gasteiger partial charge on any atom is -0.481 e. The average molecular weight is 172 g/mol. The van der Waals surface area contributed by atoms with Crippen LogP contribution in [0.15, 0.2) is 0 Å². The van der Waals surface area contributed by atoms with Gasteiger partial charge in [-0.1, -0.05) is 0 Å². The Bertz CT molecular complexity index is 199. The van der Waals surface area contributed by atoms with Crippen LogP contribution in [0.2, 0.25) is 0 Å². The smallest absolute Gasteiger partial charge is 0.309 e. The molecular weight excluding hydrogens is 160 g/mol. The highest BCUT2D eigenvalue weighted by Gasteiger charge is 2.34. The number of methoxy groups -OCH3 is 1. The molecular formula is C8H12O4. The molecule has 1 rings (SSSR count). The third-order valence-electron chi connectivity index (χ3n) is 2.23. The van der Waals surface area contributed by atoms with E-state index < -0.39 is 18.0 Å². The molecule has 1 saturated carbocycles. The summed E-state index contributed by atoms with van der Waals surface area (Å²) in [5.41, 5.74) is 0. The molecule has 4 nitrogen and oxygen atoms in total. The highest BCUT2D eigenvalue weighted by Crippen LogP contribution is 2.24. The fourth-order valence-corrected chi connectivity index (χ4v) is 1.50. The average Bonchev–Trinajstić information content (AvgIpc) is 2.03. The summed E-state index contributed by atoms with van der Waals surface area (Å²) < 4.78 is 4.93. The van der Waals surface area contributed by atoms with Gasteiger partial charge >= 0.3 is 5.97 Å². The van der Waals surface area contributed by atoms with E-state index in [0.29, 0.717) is 12.8 Å². The van der Waals surface area contributed by atoms with E-state index in [2.05, 4.69) is 0 Å². The van der Waals surface area contributed by atoms with Gasteiger partial charge in [0.25, 0.3) is 0 Å². The van der Waals surface area contributed by atoms with Gasteiger partial charge in [-0.25, -0.2) is 0 Å². The molecule has 0 aliphatic heterocycles. The SMILES string of the molecule is CO[C@H]1CC(=O)CC[C@@H]1C(=O)O. The lowest BCUT2D eigenvalue weighted by molar-refractivity contribution is -0.150. The number of rotatable bonds is 2. The van der Waals surface area contributed by atoms with Crippen LogP contribution in [-0.4, -0.2) is 30.1 Å². The summed E-state index contributed by atoms with van der Waals surface area (Å²) in [6, 6.07) is 0. The van der Waals surface area contributed by atoms with Crippen LogP contribution in [0.4, 0.5) is 0 Å². The number of aliphatic carboxylic acids is 1. The Labute approximate surface area is 70.5 Å². The Morgan fingerprint density at radius 3 is 2.83 bits per heavy atom. The summed E-state index contributed by atoms with van der Waals surface area (Å²) in [5.74, 6) is -1.28. The molecule has 0 bridgehead atoms. The maximum absolute atomic E-state index is 10.9. The van der Waals surface area contributed by atoms with Gasteiger partial charge in [0.05, 0.1) is 12.0 Å². The van der Waals surface area contributed by atoms with Crippen molar-refractivity contribution in [3.63, 3.8) is 0 Å². The molecule has 0 radical (unpaired) electrons. The number of carboxylic acid groups (broad SMARTS) is 1. The van der Waals surface area contributed by atoms with Gasteiger partial charge in [-0.3, -0.25) is 9.59 Å². The summed E-state index contributed by atoms with van der Waals surface area (Å²) in [4.78, 5) is 21.6. The number of carboxylic acids is 1. The molecule has 68 valence electrons. The van der Waals surface area contributed by atoms with Crippen LogP contribution in [0, 0.1) is 5.92 Å². The van der Waals surface area contributed by atoms with E-state index in [1.807, 2.05) is 0 Å². The lowest BCUT2D eigenvalue weighted by Gasteiger charge is -2.25. The summed E-state index contributed by atoms with van der Waals surface area (Å²) in [6.45, 7) is 0. The molecule has 4 heteroatoms. The quantitative estimate of drug-likeness (QED) is 0.657. The molecule has 1 N–H and O–H groups in total. The molecule has 0 heterocycles. The van der Waals surface area contributed by atoms with Gasteiger partial charge in [0.1, 0.15) is 5.78 Å². The second-order valence-electron chi connectivity index (χ2n) is 3.00. The number of carbonyl (C=O) groups excluding carboxylic acids is 1. The Hall–Kier alpha value is -0.900. The van der Waals surface area contributed by atoms with Gasteiger partial charge < -0.3 is 9.84 Å². The minimum absolute atomic E-state index is 0.0966. The van der Waals surface area contributed by atoms with Crippen LogP contribution >= 0.6 is 0 Å². The van der Waals surface area contributed by atoms with Crippen LogP contribution < -0.4 is 0 Å². The number of Topliss-reactive ketones (excluding diaryl/α,β-unsaturated/α-hetero) is 1. The molecule has 0 aromatic heterocycles. The third kappa shape index (κ3) is 1.82. The maximum atomic E-state index is 10.9. The van der Waals surface area contributed by atoms with E-state index in [4.69, 9.17) is 9.84 Å². The molecule has 0 aromatic carbocycles. The number of hydrogen-bond acceptors (Lipinski definition) is 3. The number of ether oxygens (including phenoxy) is 1. The highest BCUT2D eigenvalue weighted by atomic mass is 16.5. The zero-order valence-electron chi connectivity index (χ0n) is 6.95. The molecule has 0 saturated heterocycles. The van der Waals surface area contributed by atoms with E-state index in [-0.39, 0.29) is 12.2 Å². The van der Waals surface area contributed by atoms with E-state index in [1.165, 1.54) is 7.11 Å². The Morgan fingerprint density at radius 2 is 2.33 bits per heavy atom. The van der Waals surface area contributed by atoms with Crippen molar-refractivity contribution in [2.75, 3.05) is 7.11 Å². The Kier molecular flexibility index (Phi) is 2.81. The lowest BCUT2D eigenvalue weighted by atomic mass is 9.86. The summed E-state index contributed by atoms with van der Waals surface area (Å²) in [5, 5.41) is 8.73. The topological polar surface area (TPSA) is 63.6 Å². The second kappa shape index (κ2) is 3.67. The van der Waals surface area contributed by atoms with E-state index in [9.17, 15) is 9.59 Å². The molecule has 0 unspecified atom stereocenters. The van der Waals surface area contributed by atoms with Crippen molar-refractivity contribution in [3.05, 3.63) is 0 Å². The zero-order valence-corrected chi connectivity index (χ0v) is 6.95. The van der Waals surface area contributed by atoms with Crippen LogP contribution in [0.25, 0.3) is 0 Å². The lowest BCUT2D eigenvalue weighted by Crippen LogP contribution is -2.36. The largest absolute Gasteiger partial charge is 0.481 e. The van der Waals surface area contributed by atoms with Crippen molar-refractivity contribution in [2.45, 2.75) is 25.4 Å². The number of carbonyl (C=O) groups is 2. The van der Waals surface area contributed by atoms with E-state index in [1.54, 1.807) is 0 Å². The fourth-order valence-electron chi connectivity index (χ4n) is 1.50. The van der Waals surface area contributed by atoms with Gasteiger partial charge in [-0.15, -0.1) is 0 Å². The minimum atomic E-state index is -0.866. The van der Waals surface area contributed by atoms with Crippen LogP contribution in [0.1, 0.15) is 19.3 Å². The molecule has 2 atom stereocenters. The standard InChI is InChI=1S/C8H12O4/c1-12-7-4-5(9)2-3-6(7)8(10)11/h6-7H,2-4H2,1H3,(H,10,11)/t6-,7-/m0/s1. The van der Waals surface area contributed by atoms with Crippen molar-refractivity contribution in [3.8, 4) is 0 Å². The van der Waals surface area contributed by atoms with Crippen molar-refractivity contribution in [2.24, 2.45) is 5.92 Å². The van der Waals surface area contributed by atoms with Gasteiger partial charge in [0.15, 0.2) is 0 Å². The third-order valence-corrected chi connectivity index (χ3v) is 2.23. The first-order valence-corrected chi connectivity index (χ1v) is 3.92. The summed E-state index contributed by atoms with van der Waals surface area (Å²) in [7, 11) is 1.44. The monoisotopic (exact) mass is 172 g/mol. The van der Waals surface area contributed by atoms with Gasteiger partial charge in [-0.05, 0) is 6.42 Å². The van der Waals surface area contributed by atoms with E-state index >= 15 is 0 Å². The predicted molar refractivity (Wildman–Crippen MR) is 40.8 cm³/mol. The molecule has 1 aliphatic carbocycles. The summed E-state index contributed by atoms with van der Waals surface area (Å²) >= 11 is 0.